The Morgan fingerprint density at radius 1 is 1.18 bits per heavy atom. The summed E-state index contributed by atoms with van der Waals surface area (Å²) >= 11 is 0. The van der Waals surface area contributed by atoms with Gasteiger partial charge < -0.3 is 18.7 Å². The van der Waals surface area contributed by atoms with E-state index >= 15 is 0 Å². The molecule has 192 valence electrons. The molecule has 4 atom stereocenters. The maximum atomic E-state index is 13.8. The van der Waals surface area contributed by atoms with Crippen LogP contribution in [0.4, 0.5) is 0 Å². The Bertz CT molecular complexity index is 886. The third-order valence-corrected chi connectivity index (χ3v) is 6.09. The van der Waals surface area contributed by atoms with Gasteiger partial charge in [-0.15, -0.1) is 0 Å². The van der Waals surface area contributed by atoms with Crippen molar-refractivity contribution in [1.29, 1.82) is 0 Å². The highest BCUT2D eigenvalue weighted by Crippen LogP contribution is 2.46. The van der Waals surface area contributed by atoms with Gasteiger partial charge in [-0.1, -0.05) is 32.0 Å². The van der Waals surface area contributed by atoms with Crippen LogP contribution in [0.3, 0.4) is 0 Å². The molecule has 1 aromatic carbocycles. The van der Waals surface area contributed by atoms with Gasteiger partial charge in [-0.05, 0) is 52.7 Å². The lowest BCUT2D eigenvalue weighted by molar-refractivity contribution is -0.160. The second kappa shape index (κ2) is 11.2. The van der Waals surface area contributed by atoms with Crippen molar-refractivity contribution in [1.82, 2.24) is 10.6 Å². The van der Waals surface area contributed by atoms with Crippen molar-refractivity contribution in [2.75, 3.05) is 6.61 Å². The van der Waals surface area contributed by atoms with E-state index in [0.29, 0.717) is 0 Å². The van der Waals surface area contributed by atoms with Crippen LogP contribution >= 0.6 is 7.75 Å². The number of nitrogens with one attached hydrogen (secondary N) is 2. The standard InChI is InChI=1S/C22H35N2O9P/c1-14(2)17(20(26)32-21(3,4)5)24-34(28,33-15-11-9-8-10-12-15)29-13-16-18(19(25)23-27)31-22(6,7)30-16/h8-12,14,16-18,27H,13H2,1-7H3,(H,23,25)(H,24,28)/t16-,17-,18-,34?/m1/s1. The van der Waals surface area contributed by atoms with Gasteiger partial charge in [-0.3, -0.25) is 19.3 Å². The number of esters is 1. The van der Waals surface area contributed by atoms with E-state index in [-0.39, 0.29) is 11.7 Å². The summed E-state index contributed by atoms with van der Waals surface area (Å²) in [6.07, 6.45) is -2.24. The highest BCUT2D eigenvalue weighted by atomic mass is 31.2. The van der Waals surface area contributed by atoms with Crippen LogP contribution in [0.15, 0.2) is 30.3 Å². The zero-order valence-corrected chi connectivity index (χ0v) is 21.5. The summed E-state index contributed by atoms with van der Waals surface area (Å²) in [5.41, 5.74) is 0.757. The molecule has 1 aliphatic rings. The average Bonchev–Trinajstić information content (AvgIpc) is 3.04. The lowest BCUT2D eigenvalue weighted by atomic mass is 10.1. The van der Waals surface area contributed by atoms with Crippen LogP contribution in [0.2, 0.25) is 0 Å². The van der Waals surface area contributed by atoms with E-state index in [1.165, 1.54) is 5.48 Å². The number of rotatable bonds is 10. The molecule has 1 aromatic rings. The lowest BCUT2D eigenvalue weighted by Gasteiger charge is -2.30. The van der Waals surface area contributed by atoms with Crippen molar-refractivity contribution in [2.45, 2.75) is 78.1 Å². The number of hydrogen-bond donors (Lipinski definition) is 3. The number of hydroxylamine groups is 1. The first-order chi connectivity index (χ1) is 15.6. The van der Waals surface area contributed by atoms with Gasteiger partial charge in [0, 0.05) is 0 Å². The van der Waals surface area contributed by atoms with Crippen LogP contribution in [0.5, 0.6) is 5.75 Å². The molecule has 0 bridgehead atoms. The van der Waals surface area contributed by atoms with Crippen LogP contribution < -0.4 is 15.1 Å². The van der Waals surface area contributed by atoms with Crippen LogP contribution in [-0.4, -0.2) is 53.3 Å². The predicted octanol–water partition coefficient (Wildman–Crippen LogP) is 3.17. The van der Waals surface area contributed by atoms with Crippen molar-refractivity contribution >= 4 is 19.6 Å². The third-order valence-electron chi connectivity index (χ3n) is 4.55. The molecule has 0 radical (unpaired) electrons. The van der Waals surface area contributed by atoms with Crippen LogP contribution in [0, 0.1) is 5.92 Å². The molecule has 1 saturated heterocycles. The maximum absolute atomic E-state index is 13.8. The molecule has 1 aliphatic heterocycles. The van der Waals surface area contributed by atoms with Gasteiger partial charge in [0.25, 0.3) is 5.91 Å². The summed E-state index contributed by atoms with van der Waals surface area (Å²) in [5, 5.41) is 11.7. The van der Waals surface area contributed by atoms with Crippen molar-refractivity contribution in [2.24, 2.45) is 5.92 Å². The van der Waals surface area contributed by atoms with E-state index in [1.54, 1.807) is 78.8 Å². The lowest BCUT2D eigenvalue weighted by Crippen LogP contribution is -2.45. The largest absolute Gasteiger partial charge is 0.459 e. The van der Waals surface area contributed by atoms with Crippen molar-refractivity contribution in [3.05, 3.63) is 30.3 Å². The van der Waals surface area contributed by atoms with Gasteiger partial charge in [-0.2, -0.15) is 5.09 Å². The minimum Gasteiger partial charge on any atom is -0.459 e. The monoisotopic (exact) mass is 502 g/mol. The van der Waals surface area contributed by atoms with Crippen molar-refractivity contribution < 1.29 is 42.6 Å². The van der Waals surface area contributed by atoms with Crippen LogP contribution in [0.1, 0.15) is 48.5 Å². The fourth-order valence-electron chi connectivity index (χ4n) is 3.13. The van der Waals surface area contributed by atoms with E-state index in [4.69, 9.17) is 28.5 Å². The quantitative estimate of drug-likeness (QED) is 0.189. The molecule has 0 aromatic heterocycles. The first-order valence-corrected chi connectivity index (χ1v) is 12.5. The third kappa shape index (κ3) is 8.33. The number of amides is 1. The molecule has 0 saturated carbocycles. The summed E-state index contributed by atoms with van der Waals surface area (Å²) in [6, 6.07) is 7.26. The van der Waals surface area contributed by atoms with Crippen LogP contribution in [0.25, 0.3) is 0 Å². The summed E-state index contributed by atoms with van der Waals surface area (Å²) in [7, 11) is -4.21. The minimum absolute atomic E-state index is 0.235. The molecule has 1 amide bonds. The Balaban J connectivity index is 2.28. The first-order valence-electron chi connectivity index (χ1n) is 10.9. The number of para-hydroxylation sites is 1. The molecule has 1 unspecified atom stereocenters. The Kier molecular flexibility index (Phi) is 9.26. The molecule has 12 heteroatoms. The van der Waals surface area contributed by atoms with E-state index in [9.17, 15) is 14.2 Å². The summed E-state index contributed by atoms with van der Waals surface area (Å²) in [6.45, 7) is 11.5. The van der Waals surface area contributed by atoms with Gasteiger partial charge in [0.2, 0.25) is 0 Å². The number of hydrogen-bond acceptors (Lipinski definition) is 9. The molecule has 1 fully saturated rings. The van der Waals surface area contributed by atoms with E-state index < -0.39 is 55.9 Å². The maximum Gasteiger partial charge on any atom is 0.459 e. The minimum atomic E-state index is -4.21. The van der Waals surface area contributed by atoms with Gasteiger partial charge in [0.15, 0.2) is 11.9 Å². The highest BCUT2D eigenvalue weighted by molar-refractivity contribution is 7.52. The molecule has 11 nitrogen and oxygen atoms in total. The molecule has 0 aliphatic carbocycles. The van der Waals surface area contributed by atoms with Gasteiger partial charge in [0.1, 0.15) is 23.5 Å². The fourth-order valence-corrected chi connectivity index (χ4v) is 4.80. The molecule has 3 N–H and O–H groups in total. The van der Waals surface area contributed by atoms with Crippen molar-refractivity contribution in [3.8, 4) is 5.75 Å². The van der Waals surface area contributed by atoms with Gasteiger partial charge >= 0.3 is 13.7 Å². The van der Waals surface area contributed by atoms with E-state index in [2.05, 4.69) is 5.09 Å². The first kappa shape index (κ1) is 28.2. The highest BCUT2D eigenvalue weighted by Gasteiger charge is 2.47. The summed E-state index contributed by atoms with van der Waals surface area (Å²) in [5.74, 6) is -2.72. The van der Waals surface area contributed by atoms with Crippen LogP contribution in [-0.2, 0) is 32.9 Å². The summed E-state index contributed by atoms with van der Waals surface area (Å²) in [4.78, 5) is 24.8. The topological polar surface area (TPSA) is 142 Å². The molecule has 34 heavy (non-hydrogen) atoms. The Labute approximate surface area is 200 Å². The molecule has 2 rings (SSSR count). The second-order valence-electron chi connectivity index (χ2n) is 9.65. The Morgan fingerprint density at radius 3 is 2.32 bits per heavy atom. The van der Waals surface area contributed by atoms with Gasteiger partial charge in [0.05, 0.1) is 6.61 Å². The number of ether oxygens (including phenoxy) is 3. The number of carbonyl (C=O) groups excluding carboxylic acids is 2. The number of carbonyl (C=O) groups is 2. The molecule has 1 heterocycles. The fraction of sp³-hybridized carbons (Fsp3) is 0.636. The molecular weight excluding hydrogens is 467 g/mol. The van der Waals surface area contributed by atoms with Gasteiger partial charge in [-0.25, -0.2) is 10.0 Å². The Morgan fingerprint density at radius 2 is 1.79 bits per heavy atom. The Hall–Kier alpha value is -2.01. The smallest absolute Gasteiger partial charge is 0.459 e. The summed E-state index contributed by atoms with van der Waals surface area (Å²) < 4.78 is 41.8. The normalized spacial score (nSPS) is 22.6. The van der Waals surface area contributed by atoms with E-state index in [0.717, 1.165) is 0 Å². The predicted molar refractivity (Wildman–Crippen MR) is 122 cm³/mol. The molecular formula is C22H35N2O9P. The molecule has 0 spiro atoms. The zero-order valence-electron chi connectivity index (χ0n) is 20.6. The number of benzene rings is 1. The van der Waals surface area contributed by atoms with E-state index in [1.807, 2.05) is 0 Å². The SMILES string of the molecule is CC(C)[C@@H](NP(=O)(OC[C@H]1OC(C)(C)O[C@H]1C(=O)NO)Oc1ccccc1)C(=O)OC(C)(C)C. The zero-order chi connectivity index (χ0) is 25.7. The average molecular weight is 503 g/mol. The van der Waals surface area contributed by atoms with Crippen molar-refractivity contribution in [3.63, 3.8) is 0 Å². The second-order valence-corrected chi connectivity index (χ2v) is 11.3.